The van der Waals surface area contributed by atoms with Gasteiger partial charge in [-0.15, -0.1) is 0 Å². The largest absolute Gasteiger partial charge is 0.480 e. The summed E-state index contributed by atoms with van der Waals surface area (Å²) in [6.07, 6.45) is -4.75. The molecular weight excluding hydrogens is 375 g/mol. The summed E-state index contributed by atoms with van der Waals surface area (Å²) in [6.45, 7) is 0. The third-order valence-electron chi connectivity index (χ3n) is 3.44. The molecule has 0 heterocycles. The zero-order valence-electron chi connectivity index (χ0n) is 12.6. The van der Waals surface area contributed by atoms with Crippen molar-refractivity contribution in [3.63, 3.8) is 0 Å². The van der Waals surface area contributed by atoms with Crippen molar-refractivity contribution in [2.24, 2.45) is 5.73 Å². The first-order valence-corrected chi connectivity index (χ1v) is 7.93. The molecule has 0 aliphatic carbocycles. The monoisotopic (exact) mass is 388 g/mol. The van der Waals surface area contributed by atoms with Crippen LogP contribution >= 0.6 is 11.8 Å². The zero-order chi connectivity index (χ0) is 19.6. The molecule has 0 aliphatic heterocycles. The van der Waals surface area contributed by atoms with Crippen LogP contribution in [0.25, 0.3) is 0 Å². The van der Waals surface area contributed by atoms with Crippen LogP contribution in [0, 0.1) is 10.1 Å². The SMILES string of the molecule is CSCCC(N)(C(=O)O)c1cc([N+](=O)[O-])cc(C(F)(F)C(F)(F)F)c1. The van der Waals surface area contributed by atoms with Gasteiger partial charge in [-0.25, -0.2) is 4.79 Å². The van der Waals surface area contributed by atoms with Crippen molar-refractivity contribution in [3.8, 4) is 0 Å². The number of halogens is 5. The molecule has 0 fully saturated rings. The smallest absolute Gasteiger partial charge is 0.458 e. The topological polar surface area (TPSA) is 106 Å². The van der Waals surface area contributed by atoms with Gasteiger partial charge < -0.3 is 10.8 Å². The first kappa shape index (κ1) is 21.1. The van der Waals surface area contributed by atoms with Gasteiger partial charge in [0.15, 0.2) is 0 Å². The number of carboxylic acid groups (broad SMARTS) is 1. The van der Waals surface area contributed by atoms with E-state index in [1.165, 1.54) is 0 Å². The molecule has 0 radical (unpaired) electrons. The number of carbonyl (C=O) groups is 1. The Hall–Kier alpha value is -1.95. The minimum Gasteiger partial charge on any atom is -0.480 e. The van der Waals surface area contributed by atoms with E-state index >= 15 is 0 Å². The molecule has 0 saturated carbocycles. The zero-order valence-corrected chi connectivity index (χ0v) is 13.5. The van der Waals surface area contributed by atoms with Crippen LogP contribution in [-0.4, -0.2) is 34.2 Å². The quantitative estimate of drug-likeness (QED) is 0.422. The molecule has 0 spiro atoms. The van der Waals surface area contributed by atoms with Crippen LogP contribution in [0.1, 0.15) is 17.5 Å². The Morgan fingerprint density at radius 3 is 2.16 bits per heavy atom. The van der Waals surface area contributed by atoms with Crippen molar-refractivity contribution >= 4 is 23.4 Å². The highest BCUT2D eigenvalue weighted by atomic mass is 32.2. The molecular formula is C13H13F5N2O4S. The van der Waals surface area contributed by atoms with Gasteiger partial charge in [-0.2, -0.15) is 33.7 Å². The van der Waals surface area contributed by atoms with Crippen LogP contribution in [0.15, 0.2) is 18.2 Å². The van der Waals surface area contributed by atoms with E-state index in [0.717, 1.165) is 11.8 Å². The van der Waals surface area contributed by atoms with Crippen molar-refractivity contribution < 1.29 is 36.8 Å². The molecule has 12 heteroatoms. The average Bonchev–Trinajstić information content (AvgIpc) is 2.50. The number of non-ortho nitro benzene ring substituents is 1. The van der Waals surface area contributed by atoms with Crippen LogP contribution in [0.5, 0.6) is 0 Å². The molecule has 1 aromatic rings. The lowest BCUT2D eigenvalue weighted by molar-refractivity contribution is -0.385. The molecule has 140 valence electrons. The number of carboxylic acids is 1. The molecule has 0 saturated heterocycles. The van der Waals surface area contributed by atoms with Gasteiger partial charge in [0, 0.05) is 17.7 Å². The van der Waals surface area contributed by atoms with Crippen molar-refractivity contribution in [2.75, 3.05) is 12.0 Å². The molecule has 1 rings (SSSR count). The molecule has 1 unspecified atom stereocenters. The Bertz CT molecular complexity index is 683. The first-order valence-electron chi connectivity index (χ1n) is 6.53. The molecule has 0 bridgehead atoms. The summed E-state index contributed by atoms with van der Waals surface area (Å²) >= 11 is 1.16. The fourth-order valence-electron chi connectivity index (χ4n) is 1.96. The molecule has 0 aliphatic rings. The number of nitro groups is 1. The Morgan fingerprint density at radius 2 is 1.76 bits per heavy atom. The van der Waals surface area contributed by atoms with Gasteiger partial charge in [0.05, 0.1) is 4.92 Å². The highest BCUT2D eigenvalue weighted by molar-refractivity contribution is 7.98. The minimum absolute atomic E-state index is 0.0494. The molecule has 25 heavy (non-hydrogen) atoms. The summed E-state index contributed by atoms with van der Waals surface area (Å²) in [5, 5.41) is 20.2. The van der Waals surface area contributed by atoms with Gasteiger partial charge in [0.25, 0.3) is 5.69 Å². The maximum absolute atomic E-state index is 13.6. The predicted octanol–water partition coefficient (Wildman–Crippen LogP) is 3.24. The number of nitrogens with zero attached hydrogens (tertiary/aromatic N) is 1. The third-order valence-corrected chi connectivity index (χ3v) is 4.06. The lowest BCUT2D eigenvalue weighted by atomic mass is 9.86. The second-order valence-electron chi connectivity index (χ2n) is 5.12. The Morgan fingerprint density at radius 1 is 1.24 bits per heavy atom. The van der Waals surface area contributed by atoms with E-state index in [1.807, 2.05) is 0 Å². The van der Waals surface area contributed by atoms with E-state index in [0.29, 0.717) is 6.07 Å². The van der Waals surface area contributed by atoms with Crippen molar-refractivity contribution in [3.05, 3.63) is 39.4 Å². The summed E-state index contributed by atoms with van der Waals surface area (Å²) in [5.74, 6) is -6.98. The van der Waals surface area contributed by atoms with Crippen LogP contribution < -0.4 is 5.73 Å². The maximum Gasteiger partial charge on any atom is 0.458 e. The normalized spacial score (nSPS) is 14.8. The fraction of sp³-hybridized carbons (Fsp3) is 0.462. The second kappa shape index (κ2) is 7.12. The number of nitro benzene ring substituents is 1. The van der Waals surface area contributed by atoms with Crippen molar-refractivity contribution in [1.29, 1.82) is 0 Å². The molecule has 3 N–H and O–H groups in total. The number of hydrogen-bond donors (Lipinski definition) is 2. The van der Waals surface area contributed by atoms with Crippen molar-refractivity contribution in [1.82, 2.24) is 0 Å². The van der Waals surface area contributed by atoms with Gasteiger partial charge in [-0.05, 0) is 30.1 Å². The Labute approximate surface area is 142 Å². The Balaban J connectivity index is 3.66. The van der Waals surface area contributed by atoms with Crippen molar-refractivity contribution in [2.45, 2.75) is 24.1 Å². The highest BCUT2D eigenvalue weighted by Gasteiger charge is 2.59. The van der Waals surface area contributed by atoms with E-state index in [1.54, 1.807) is 6.26 Å². The molecule has 6 nitrogen and oxygen atoms in total. The molecule has 1 atom stereocenters. The predicted molar refractivity (Wildman–Crippen MR) is 79.5 cm³/mol. The summed E-state index contributed by atoms with van der Waals surface area (Å²) in [7, 11) is 0. The molecule has 0 aromatic heterocycles. The number of hydrogen-bond acceptors (Lipinski definition) is 5. The number of benzene rings is 1. The van der Waals surface area contributed by atoms with Crippen LogP contribution in [0.4, 0.5) is 27.6 Å². The first-order chi connectivity index (χ1) is 11.3. The number of alkyl halides is 5. The number of thioether (sulfide) groups is 1. The highest BCUT2D eigenvalue weighted by Crippen LogP contribution is 2.45. The maximum atomic E-state index is 13.6. The minimum atomic E-state index is -6.01. The van der Waals surface area contributed by atoms with E-state index in [2.05, 4.69) is 0 Å². The van der Waals surface area contributed by atoms with Crippen LogP contribution in [-0.2, 0) is 16.3 Å². The summed E-state index contributed by atoms with van der Waals surface area (Å²) < 4.78 is 64.9. The van der Waals surface area contributed by atoms with E-state index in [4.69, 9.17) is 5.73 Å². The fourth-order valence-corrected chi connectivity index (χ4v) is 2.48. The van der Waals surface area contributed by atoms with Gasteiger partial charge in [-0.1, -0.05) is 0 Å². The lowest BCUT2D eigenvalue weighted by Crippen LogP contribution is -2.46. The lowest BCUT2D eigenvalue weighted by Gasteiger charge is -2.27. The number of rotatable bonds is 7. The summed E-state index contributed by atoms with van der Waals surface area (Å²) in [6, 6.07) is 0.882. The second-order valence-corrected chi connectivity index (χ2v) is 6.10. The summed E-state index contributed by atoms with van der Waals surface area (Å²) in [4.78, 5) is 21.1. The third kappa shape index (κ3) is 4.18. The Kier molecular flexibility index (Phi) is 6.01. The van der Waals surface area contributed by atoms with E-state index in [-0.39, 0.29) is 24.3 Å². The molecule has 0 amide bonds. The van der Waals surface area contributed by atoms with Gasteiger partial charge >= 0.3 is 18.1 Å². The van der Waals surface area contributed by atoms with Gasteiger partial charge in [0.2, 0.25) is 0 Å². The standard InChI is InChI=1S/C13H13F5N2O4S/c1-25-3-2-11(19,10(21)22)7-4-8(6-9(5-7)20(23)24)12(14,15)13(16,17)18/h4-6H,2-3,19H2,1H3,(H,21,22). The van der Waals surface area contributed by atoms with Crippen LogP contribution in [0.3, 0.4) is 0 Å². The number of aliphatic carboxylic acids is 1. The molecule has 1 aromatic carbocycles. The van der Waals surface area contributed by atoms with E-state index < -0.39 is 45.3 Å². The van der Waals surface area contributed by atoms with E-state index in [9.17, 15) is 42.0 Å². The van der Waals surface area contributed by atoms with Gasteiger partial charge in [-0.3, -0.25) is 10.1 Å². The average molecular weight is 388 g/mol. The van der Waals surface area contributed by atoms with Crippen LogP contribution in [0.2, 0.25) is 0 Å². The summed E-state index contributed by atoms with van der Waals surface area (Å²) in [5.41, 5.74) is -0.245. The van der Waals surface area contributed by atoms with Gasteiger partial charge in [0.1, 0.15) is 5.54 Å². The number of nitrogens with two attached hydrogens (primary N) is 1.